The third-order valence-electron chi connectivity index (χ3n) is 9.04. The highest BCUT2D eigenvalue weighted by molar-refractivity contribution is 6.20. The summed E-state index contributed by atoms with van der Waals surface area (Å²) in [4.78, 5) is 33.8. The maximum absolute atomic E-state index is 13.8. The zero-order valence-electron chi connectivity index (χ0n) is 25.9. The molecule has 0 radical (unpaired) electrons. The summed E-state index contributed by atoms with van der Waals surface area (Å²) in [6.45, 7) is 0. The molecule has 0 atom stereocenters. The van der Waals surface area contributed by atoms with Crippen LogP contribution in [0.5, 0.6) is 0 Å². The van der Waals surface area contributed by atoms with E-state index < -0.39 is 0 Å². The molecule has 8 nitrogen and oxygen atoms in total. The van der Waals surface area contributed by atoms with E-state index in [-0.39, 0.29) is 11.4 Å². The molecule has 4 heterocycles. The Bertz CT molecular complexity index is 2890. The smallest absolute Gasteiger partial charge is 0.310 e. The number of nitrogens with zero attached hydrogens (tertiary/aromatic N) is 6. The second-order valence-electron chi connectivity index (χ2n) is 11.9. The first-order chi connectivity index (χ1) is 24.2. The van der Waals surface area contributed by atoms with Crippen molar-refractivity contribution in [3.8, 4) is 39.9 Å². The average Bonchev–Trinajstić information content (AvgIpc) is 3.71. The van der Waals surface area contributed by atoms with Crippen LogP contribution in [0.1, 0.15) is 0 Å². The van der Waals surface area contributed by atoms with Gasteiger partial charge in [-0.15, -0.1) is 0 Å². The molecule has 0 N–H and O–H groups in total. The lowest BCUT2D eigenvalue weighted by molar-refractivity contribution is 0.616. The molecule has 230 valence electrons. The molecule has 0 aliphatic rings. The number of hydrogen-bond donors (Lipinski definition) is 0. The zero-order valence-corrected chi connectivity index (χ0v) is 25.9. The number of imidazole rings is 1. The van der Waals surface area contributed by atoms with Gasteiger partial charge in [0, 0.05) is 21.9 Å². The van der Waals surface area contributed by atoms with Gasteiger partial charge in [-0.1, -0.05) is 109 Å². The van der Waals surface area contributed by atoms with Gasteiger partial charge in [0.25, 0.3) is 5.56 Å². The normalized spacial score (nSPS) is 11.8. The van der Waals surface area contributed by atoms with Gasteiger partial charge >= 0.3 is 5.84 Å². The fourth-order valence-electron chi connectivity index (χ4n) is 6.76. The predicted octanol–water partition coefficient (Wildman–Crippen LogP) is 8.88. The van der Waals surface area contributed by atoms with Gasteiger partial charge in [0.1, 0.15) is 11.1 Å². The number of aromatic nitrogens is 6. The molecule has 4 aromatic heterocycles. The van der Waals surface area contributed by atoms with Crippen molar-refractivity contribution >= 4 is 49.7 Å². The van der Waals surface area contributed by atoms with Crippen molar-refractivity contribution in [3.63, 3.8) is 0 Å². The molecule has 10 aromatic rings. The molecule has 49 heavy (non-hydrogen) atoms. The lowest BCUT2D eigenvalue weighted by atomic mass is 10.0. The van der Waals surface area contributed by atoms with Crippen molar-refractivity contribution in [2.75, 3.05) is 0 Å². The number of fused-ring (bicyclic) bond motifs is 8. The van der Waals surface area contributed by atoms with Crippen LogP contribution in [0.15, 0.2) is 155 Å². The highest BCUT2D eigenvalue weighted by Crippen LogP contribution is 2.39. The minimum atomic E-state index is -0.176. The zero-order chi connectivity index (χ0) is 32.5. The van der Waals surface area contributed by atoms with E-state index in [0.717, 1.165) is 44.1 Å². The predicted molar refractivity (Wildman–Crippen MR) is 193 cm³/mol. The Labute approximate surface area is 278 Å². The van der Waals surface area contributed by atoms with Gasteiger partial charge in [-0.05, 0) is 47.5 Å². The molecule has 8 heteroatoms. The Morgan fingerprint density at radius 2 is 1.08 bits per heavy atom. The highest BCUT2D eigenvalue weighted by atomic mass is 16.4. The number of para-hydroxylation sites is 1. The molecule has 0 unspecified atom stereocenters. The van der Waals surface area contributed by atoms with E-state index in [9.17, 15) is 4.79 Å². The molecule has 6 aromatic carbocycles. The second-order valence-corrected chi connectivity index (χ2v) is 11.9. The van der Waals surface area contributed by atoms with Crippen LogP contribution in [0.2, 0.25) is 0 Å². The molecule has 0 spiro atoms. The number of rotatable bonds is 4. The van der Waals surface area contributed by atoms with Crippen molar-refractivity contribution in [2.45, 2.75) is 0 Å². The molecule has 0 fully saturated rings. The van der Waals surface area contributed by atoms with Crippen LogP contribution in [0.3, 0.4) is 0 Å². The van der Waals surface area contributed by atoms with Crippen LogP contribution in [-0.4, -0.2) is 28.9 Å². The third-order valence-corrected chi connectivity index (χ3v) is 9.04. The fraction of sp³-hybridized carbons (Fsp3) is 0. The van der Waals surface area contributed by atoms with Crippen LogP contribution >= 0.6 is 0 Å². The molecule has 0 saturated heterocycles. The van der Waals surface area contributed by atoms with E-state index >= 15 is 0 Å². The number of hydrogen-bond acceptors (Lipinski definition) is 6. The SMILES string of the molecule is O=c1c2ccccc2oc2nc3c4c5cc(-c6ccccc6)ccc5n(-c5nc(-c6ccccc6)nc(-c6ccccc6)n5)c4ccc3n12. The van der Waals surface area contributed by atoms with Crippen molar-refractivity contribution in [2.24, 2.45) is 0 Å². The third kappa shape index (κ3) is 4.21. The standard InChI is InChI=1S/C41H24N6O2/c48-39-29-18-10-11-19-34(29)49-41-42-36-33(47(39)41)23-22-32-35(36)30-24-28(25-12-4-1-5-13-25)20-21-31(30)46(32)40-44-37(26-14-6-2-7-15-26)43-38(45-40)27-16-8-3-9-17-27/h1-24H. The van der Waals surface area contributed by atoms with Crippen molar-refractivity contribution in [3.05, 3.63) is 156 Å². The quantitative estimate of drug-likeness (QED) is 0.193. The van der Waals surface area contributed by atoms with Crippen LogP contribution in [0.25, 0.3) is 89.5 Å². The summed E-state index contributed by atoms with van der Waals surface area (Å²) in [6.07, 6.45) is 0. The molecular weight excluding hydrogens is 608 g/mol. The second kappa shape index (κ2) is 10.5. The monoisotopic (exact) mass is 632 g/mol. The van der Waals surface area contributed by atoms with E-state index in [1.807, 2.05) is 103 Å². The van der Waals surface area contributed by atoms with Gasteiger partial charge in [0.05, 0.1) is 21.9 Å². The van der Waals surface area contributed by atoms with Crippen LogP contribution in [-0.2, 0) is 0 Å². The van der Waals surface area contributed by atoms with Gasteiger partial charge in [-0.3, -0.25) is 9.36 Å². The lowest BCUT2D eigenvalue weighted by Gasteiger charge is -2.11. The average molecular weight is 633 g/mol. The largest absolute Gasteiger partial charge is 0.424 e. The Morgan fingerprint density at radius 1 is 0.490 bits per heavy atom. The Morgan fingerprint density at radius 3 is 1.78 bits per heavy atom. The molecule has 0 amide bonds. The minimum Gasteiger partial charge on any atom is -0.424 e. The summed E-state index contributed by atoms with van der Waals surface area (Å²) < 4.78 is 9.82. The van der Waals surface area contributed by atoms with E-state index in [1.54, 1.807) is 16.5 Å². The summed E-state index contributed by atoms with van der Waals surface area (Å²) in [5.41, 5.74) is 7.29. The highest BCUT2D eigenvalue weighted by Gasteiger charge is 2.23. The summed E-state index contributed by atoms with van der Waals surface area (Å²) >= 11 is 0. The van der Waals surface area contributed by atoms with Gasteiger partial charge < -0.3 is 4.42 Å². The van der Waals surface area contributed by atoms with Crippen molar-refractivity contribution in [1.29, 1.82) is 0 Å². The van der Waals surface area contributed by atoms with Crippen molar-refractivity contribution < 1.29 is 4.42 Å². The van der Waals surface area contributed by atoms with E-state index in [0.29, 0.717) is 39.6 Å². The first-order valence-electron chi connectivity index (χ1n) is 16.0. The first-order valence-corrected chi connectivity index (χ1v) is 16.0. The van der Waals surface area contributed by atoms with E-state index in [1.165, 1.54) is 0 Å². The van der Waals surface area contributed by atoms with Gasteiger partial charge in [-0.2, -0.15) is 15.0 Å². The van der Waals surface area contributed by atoms with E-state index in [2.05, 4.69) is 34.9 Å². The Kier molecular flexibility index (Phi) is 5.86. The van der Waals surface area contributed by atoms with Crippen molar-refractivity contribution in [1.82, 2.24) is 28.9 Å². The van der Waals surface area contributed by atoms with Gasteiger partial charge in [0.15, 0.2) is 11.6 Å². The molecule has 0 aliphatic heterocycles. The fourth-order valence-corrected chi connectivity index (χ4v) is 6.76. The van der Waals surface area contributed by atoms with E-state index in [4.69, 9.17) is 24.4 Å². The maximum atomic E-state index is 13.8. The van der Waals surface area contributed by atoms with Gasteiger partial charge in [-0.25, -0.2) is 9.38 Å². The van der Waals surface area contributed by atoms with Crippen LogP contribution < -0.4 is 5.56 Å². The molecule has 10 rings (SSSR count). The van der Waals surface area contributed by atoms with Crippen LogP contribution in [0, 0.1) is 0 Å². The van der Waals surface area contributed by atoms with Gasteiger partial charge in [0.2, 0.25) is 5.95 Å². The Hall–Kier alpha value is -6.93. The lowest BCUT2D eigenvalue weighted by Crippen LogP contribution is -2.12. The van der Waals surface area contributed by atoms with Crippen LogP contribution in [0.4, 0.5) is 0 Å². The topological polar surface area (TPSA) is 91.1 Å². The Balaban J connectivity index is 1.34. The summed E-state index contributed by atoms with van der Waals surface area (Å²) in [5.74, 6) is 1.85. The summed E-state index contributed by atoms with van der Waals surface area (Å²) in [7, 11) is 0. The summed E-state index contributed by atoms with van der Waals surface area (Å²) in [6, 6.07) is 47.7. The molecule has 0 aliphatic carbocycles. The molecule has 0 saturated carbocycles. The maximum Gasteiger partial charge on any atom is 0.310 e. The first kappa shape index (κ1) is 27.2. The molecule has 0 bridgehead atoms. The summed E-state index contributed by atoms with van der Waals surface area (Å²) in [5, 5.41) is 2.32. The molecular formula is C41H24N6O2. The minimum absolute atomic E-state index is 0.176. The number of benzene rings is 6.